The van der Waals surface area contributed by atoms with Gasteiger partial charge in [0.2, 0.25) is 0 Å². The Morgan fingerprint density at radius 3 is 2.85 bits per heavy atom. The van der Waals surface area contributed by atoms with E-state index >= 15 is 0 Å². The van der Waals surface area contributed by atoms with E-state index in [2.05, 4.69) is 10.2 Å². The Bertz CT molecular complexity index is 926. The van der Waals surface area contributed by atoms with Gasteiger partial charge in [-0.15, -0.1) is 21.5 Å². The Morgan fingerprint density at radius 2 is 2.19 bits per heavy atom. The minimum absolute atomic E-state index is 0.204. The lowest BCUT2D eigenvalue weighted by molar-refractivity contribution is 0.0279. The van der Waals surface area contributed by atoms with Crippen molar-refractivity contribution in [3.8, 4) is 22.3 Å². The Hall–Kier alpha value is -2.58. The Labute approximate surface area is 164 Å². The largest absolute Gasteiger partial charge is 0.493 e. The summed E-state index contributed by atoms with van der Waals surface area (Å²) in [6, 6.07) is 6.73. The number of methoxy groups -OCH3 is 1. The zero-order valence-electron chi connectivity index (χ0n) is 14.9. The minimum atomic E-state index is -0.727. The summed E-state index contributed by atoms with van der Waals surface area (Å²) in [5.41, 5.74) is 0.227. The van der Waals surface area contributed by atoms with Crippen LogP contribution in [0.25, 0.3) is 10.8 Å². The standard InChI is InChI=1S/C18H17ClN2O5S/c1-4-24-15-12(19)8-11(9-13(15)23-3)18(22)25-10(2)16-20-21-17(26-16)14-6-5-7-27-14/h5-10H,4H2,1-3H3. The van der Waals surface area contributed by atoms with E-state index in [9.17, 15) is 4.79 Å². The average Bonchev–Trinajstić information content (AvgIpc) is 3.34. The monoisotopic (exact) mass is 408 g/mol. The van der Waals surface area contributed by atoms with Gasteiger partial charge in [0.1, 0.15) is 0 Å². The van der Waals surface area contributed by atoms with Gasteiger partial charge < -0.3 is 18.6 Å². The molecule has 2 aromatic heterocycles. The van der Waals surface area contributed by atoms with Crippen LogP contribution < -0.4 is 9.47 Å². The summed E-state index contributed by atoms with van der Waals surface area (Å²) in [5.74, 6) is 0.719. The first-order valence-electron chi connectivity index (χ1n) is 8.12. The number of hydrogen-bond donors (Lipinski definition) is 0. The molecule has 27 heavy (non-hydrogen) atoms. The van der Waals surface area contributed by atoms with Crippen LogP contribution in [0.2, 0.25) is 5.02 Å². The highest BCUT2D eigenvalue weighted by Crippen LogP contribution is 2.37. The van der Waals surface area contributed by atoms with Crippen LogP contribution in [0.3, 0.4) is 0 Å². The van der Waals surface area contributed by atoms with Crippen molar-refractivity contribution in [1.29, 1.82) is 0 Å². The summed E-state index contributed by atoms with van der Waals surface area (Å²) in [6.07, 6.45) is -0.727. The number of carbonyl (C=O) groups is 1. The molecule has 0 radical (unpaired) electrons. The third-order valence-electron chi connectivity index (χ3n) is 3.56. The van der Waals surface area contributed by atoms with Crippen LogP contribution in [0.1, 0.15) is 36.2 Å². The average molecular weight is 409 g/mol. The van der Waals surface area contributed by atoms with Crippen LogP contribution in [0, 0.1) is 0 Å². The van der Waals surface area contributed by atoms with Gasteiger partial charge in [0.25, 0.3) is 11.8 Å². The first-order chi connectivity index (χ1) is 13.0. The second kappa shape index (κ2) is 8.41. The van der Waals surface area contributed by atoms with Crippen molar-refractivity contribution in [1.82, 2.24) is 10.2 Å². The van der Waals surface area contributed by atoms with Gasteiger partial charge in [-0.3, -0.25) is 0 Å². The van der Waals surface area contributed by atoms with E-state index in [1.165, 1.54) is 30.6 Å². The molecule has 0 N–H and O–H groups in total. The quantitative estimate of drug-likeness (QED) is 0.520. The van der Waals surface area contributed by atoms with Crippen LogP contribution in [-0.4, -0.2) is 29.9 Å². The molecule has 1 atom stereocenters. The van der Waals surface area contributed by atoms with Gasteiger partial charge in [-0.1, -0.05) is 17.7 Å². The van der Waals surface area contributed by atoms with Crippen molar-refractivity contribution < 1.29 is 23.4 Å². The maximum atomic E-state index is 12.5. The van der Waals surface area contributed by atoms with Gasteiger partial charge in [0.15, 0.2) is 17.6 Å². The molecule has 0 saturated heterocycles. The highest BCUT2D eigenvalue weighted by atomic mass is 35.5. The van der Waals surface area contributed by atoms with Crippen LogP contribution in [0.15, 0.2) is 34.1 Å². The molecule has 1 aromatic carbocycles. The molecule has 3 aromatic rings. The number of nitrogens with zero attached hydrogens (tertiary/aromatic N) is 2. The molecule has 0 saturated carbocycles. The number of benzene rings is 1. The van der Waals surface area contributed by atoms with Gasteiger partial charge in [-0.2, -0.15) is 0 Å². The third-order valence-corrected chi connectivity index (χ3v) is 4.70. The van der Waals surface area contributed by atoms with E-state index in [1.54, 1.807) is 6.92 Å². The lowest BCUT2D eigenvalue weighted by Crippen LogP contribution is -2.10. The summed E-state index contributed by atoms with van der Waals surface area (Å²) in [6.45, 7) is 3.89. The van der Waals surface area contributed by atoms with Crippen molar-refractivity contribution >= 4 is 28.9 Å². The van der Waals surface area contributed by atoms with Gasteiger partial charge in [-0.05, 0) is 37.4 Å². The number of aromatic nitrogens is 2. The van der Waals surface area contributed by atoms with Crippen molar-refractivity contribution in [2.75, 3.05) is 13.7 Å². The molecule has 9 heteroatoms. The van der Waals surface area contributed by atoms with Gasteiger partial charge in [0.05, 0.1) is 29.2 Å². The molecule has 0 aliphatic heterocycles. The highest BCUT2D eigenvalue weighted by Gasteiger charge is 2.22. The number of thiophene rings is 1. The van der Waals surface area contributed by atoms with Crippen LogP contribution >= 0.6 is 22.9 Å². The zero-order valence-corrected chi connectivity index (χ0v) is 16.5. The summed E-state index contributed by atoms with van der Waals surface area (Å²) in [5, 5.41) is 10.1. The lowest BCUT2D eigenvalue weighted by Gasteiger charge is -2.14. The predicted octanol–water partition coefficient (Wildman–Crippen LogP) is 4.78. The second-order valence-electron chi connectivity index (χ2n) is 5.39. The number of rotatable bonds is 7. The smallest absolute Gasteiger partial charge is 0.339 e. The number of ether oxygens (including phenoxy) is 3. The summed E-state index contributed by atoms with van der Waals surface area (Å²) in [4.78, 5) is 13.3. The second-order valence-corrected chi connectivity index (χ2v) is 6.75. The number of esters is 1. The molecule has 0 bridgehead atoms. The molecule has 0 spiro atoms. The molecule has 0 amide bonds. The lowest BCUT2D eigenvalue weighted by atomic mass is 10.2. The Balaban J connectivity index is 1.76. The molecule has 7 nitrogen and oxygen atoms in total. The minimum Gasteiger partial charge on any atom is -0.493 e. The number of carbonyl (C=O) groups excluding carboxylic acids is 1. The summed E-state index contributed by atoms with van der Waals surface area (Å²) in [7, 11) is 1.47. The normalized spacial score (nSPS) is 11.9. The fourth-order valence-corrected chi connectivity index (χ4v) is 3.21. The van der Waals surface area contributed by atoms with E-state index in [0.717, 1.165) is 4.88 Å². The van der Waals surface area contributed by atoms with Gasteiger partial charge in [-0.25, -0.2) is 4.79 Å². The van der Waals surface area contributed by atoms with Crippen molar-refractivity contribution in [2.24, 2.45) is 0 Å². The zero-order chi connectivity index (χ0) is 19.4. The summed E-state index contributed by atoms with van der Waals surface area (Å²) >= 11 is 7.68. The van der Waals surface area contributed by atoms with E-state index in [0.29, 0.717) is 24.0 Å². The molecular formula is C18H17ClN2O5S. The molecule has 3 rings (SSSR count). The molecule has 0 aliphatic carbocycles. The molecular weight excluding hydrogens is 392 g/mol. The molecule has 142 valence electrons. The maximum Gasteiger partial charge on any atom is 0.339 e. The van der Waals surface area contributed by atoms with E-state index in [1.807, 2.05) is 24.4 Å². The fraction of sp³-hybridized carbons (Fsp3) is 0.278. The van der Waals surface area contributed by atoms with Crippen molar-refractivity contribution in [2.45, 2.75) is 20.0 Å². The van der Waals surface area contributed by atoms with Crippen LogP contribution in [0.4, 0.5) is 0 Å². The molecule has 0 aliphatic rings. The van der Waals surface area contributed by atoms with E-state index in [-0.39, 0.29) is 16.5 Å². The molecule has 1 unspecified atom stereocenters. The SMILES string of the molecule is CCOc1c(Cl)cc(C(=O)OC(C)c2nnc(-c3cccs3)o2)cc1OC. The van der Waals surface area contributed by atoms with E-state index in [4.69, 9.17) is 30.2 Å². The predicted molar refractivity (Wildman–Crippen MR) is 101 cm³/mol. The summed E-state index contributed by atoms with van der Waals surface area (Å²) < 4.78 is 21.7. The highest BCUT2D eigenvalue weighted by molar-refractivity contribution is 7.13. The molecule has 0 fully saturated rings. The van der Waals surface area contributed by atoms with E-state index < -0.39 is 12.1 Å². The van der Waals surface area contributed by atoms with Crippen LogP contribution in [-0.2, 0) is 4.74 Å². The maximum absolute atomic E-state index is 12.5. The first-order valence-corrected chi connectivity index (χ1v) is 9.37. The Kier molecular flexibility index (Phi) is 5.98. The fourth-order valence-electron chi connectivity index (χ4n) is 2.30. The molecule has 2 heterocycles. The van der Waals surface area contributed by atoms with Gasteiger partial charge >= 0.3 is 5.97 Å². The van der Waals surface area contributed by atoms with Crippen molar-refractivity contribution in [3.05, 3.63) is 46.1 Å². The number of halogens is 1. The Morgan fingerprint density at radius 1 is 1.37 bits per heavy atom. The first kappa shape index (κ1) is 19.2. The van der Waals surface area contributed by atoms with Crippen LogP contribution in [0.5, 0.6) is 11.5 Å². The topological polar surface area (TPSA) is 83.7 Å². The van der Waals surface area contributed by atoms with Gasteiger partial charge in [0, 0.05) is 0 Å². The van der Waals surface area contributed by atoms with Crippen molar-refractivity contribution in [3.63, 3.8) is 0 Å². The number of hydrogen-bond acceptors (Lipinski definition) is 8. The third kappa shape index (κ3) is 4.23.